The smallest absolute Gasteiger partial charge is 0.0500 e. The first-order chi connectivity index (χ1) is 12.1. The zero-order chi connectivity index (χ0) is 18.2. The number of allylic oxidation sites excluding steroid dienone is 3. The summed E-state index contributed by atoms with van der Waals surface area (Å²) in [5.74, 6) is 2.98. The number of aliphatic imine (C=N–C) groups is 1. The second-order valence-electron chi connectivity index (χ2n) is 8.23. The number of rotatable bonds is 10. The molecule has 0 radical (unpaired) electrons. The number of hydrogen-bond donors (Lipinski definition) is 0. The Balaban J connectivity index is 2.16. The highest BCUT2D eigenvalue weighted by molar-refractivity contribution is 5.91. The fraction of sp³-hybridized carbons (Fsp3) is 0.783. The maximum Gasteiger partial charge on any atom is 0.0500 e. The van der Waals surface area contributed by atoms with E-state index < -0.39 is 0 Å². The zero-order valence-electron chi connectivity index (χ0n) is 17.0. The van der Waals surface area contributed by atoms with E-state index in [2.05, 4.69) is 46.4 Å². The highest BCUT2D eigenvalue weighted by atomic mass is 16.5. The third-order valence-electron chi connectivity index (χ3n) is 6.17. The van der Waals surface area contributed by atoms with Gasteiger partial charge in [-0.3, -0.25) is 4.99 Å². The minimum Gasteiger partial charge on any atom is -0.381 e. The Morgan fingerprint density at radius 1 is 1.16 bits per heavy atom. The molecular formula is C23H39NO. The van der Waals surface area contributed by atoms with Gasteiger partial charge in [-0.15, -0.1) is 0 Å². The van der Waals surface area contributed by atoms with E-state index >= 15 is 0 Å². The van der Waals surface area contributed by atoms with E-state index in [1.165, 1.54) is 37.8 Å². The predicted molar refractivity (Wildman–Crippen MR) is 109 cm³/mol. The lowest BCUT2D eigenvalue weighted by molar-refractivity contribution is 0.0270. The van der Waals surface area contributed by atoms with E-state index in [-0.39, 0.29) is 0 Å². The lowest BCUT2D eigenvalue weighted by atomic mass is 9.76. The maximum atomic E-state index is 5.83. The van der Waals surface area contributed by atoms with Crippen molar-refractivity contribution in [3.8, 4) is 0 Å². The summed E-state index contributed by atoms with van der Waals surface area (Å²) in [5.41, 5.74) is 2.49. The lowest BCUT2D eigenvalue weighted by Crippen LogP contribution is -2.38. The zero-order valence-corrected chi connectivity index (χ0v) is 17.0. The third-order valence-corrected chi connectivity index (χ3v) is 6.17. The van der Waals surface area contributed by atoms with Crippen LogP contribution in [-0.4, -0.2) is 18.9 Å². The molecule has 142 valence electrons. The minimum absolute atomic E-state index is 0.484. The van der Waals surface area contributed by atoms with E-state index in [0.717, 1.165) is 31.8 Å². The van der Waals surface area contributed by atoms with Crippen LogP contribution in [0.1, 0.15) is 72.6 Å². The van der Waals surface area contributed by atoms with Crippen LogP contribution in [-0.2, 0) is 4.74 Å². The summed E-state index contributed by atoms with van der Waals surface area (Å²) in [4.78, 5) is 5.13. The molecule has 1 saturated carbocycles. The van der Waals surface area contributed by atoms with Crippen molar-refractivity contribution in [2.75, 3.05) is 13.2 Å². The van der Waals surface area contributed by atoms with Gasteiger partial charge in [0.05, 0.1) is 13.2 Å². The molecule has 0 aromatic rings. The van der Waals surface area contributed by atoms with Gasteiger partial charge in [0.15, 0.2) is 0 Å². The standard InChI is InChI=1S/C23H39NO/c1-6-8-9-10-12-17(3)19(5)23(24-18(4)11-7-2)22-20-13-14-21(22)16-25-15-20/h10,12,17,19-22H,4,6-9,11,13-16H2,1-3,5H3/b12-10+,24-23?. The third kappa shape index (κ3) is 5.54. The second kappa shape index (κ2) is 10.3. The Labute approximate surface area is 155 Å². The fourth-order valence-corrected chi connectivity index (χ4v) is 4.48. The normalized spacial score (nSPS) is 29.1. The highest BCUT2D eigenvalue weighted by Crippen LogP contribution is 2.44. The molecule has 4 unspecified atom stereocenters. The Morgan fingerprint density at radius 3 is 2.44 bits per heavy atom. The van der Waals surface area contributed by atoms with Gasteiger partial charge in [-0.05, 0) is 43.4 Å². The first-order valence-corrected chi connectivity index (χ1v) is 10.6. The summed E-state index contributed by atoms with van der Waals surface area (Å²) < 4.78 is 5.83. The van der Waals surface area contributed by atoms with Crippen molar-refractivity contribution in [2.45, 2.75) is 72.6 Å². The van der Waals surface area contributed by atoms with Gasteiger partial charge >= 0.3 is 0 Å². The molecule has 0 aromatic carbocycles. The molecule has 1 aliphatic heterocycles. The summed E-state index contributed by atoms with van der Waals surface area (Å²) in [7, 11) is 0. The molecule has 2 aliphatic rings. The molecule has 2 fully saturated rings. The molecule has 0 aromatic heterocycles. The van der Waals surface area contributed by atoms with Crippen LogP contribution in [0.5, 0.6) is 0 Å². The van der Waals surface area contributed by atoms with Crippen LogP contribution in [0.4, 0.5) is 0 Å². The molecule has 2 heteroatoms. The molecule has 1 aliphatic carbocycles. The van der Waals surface area contributed by atoms with Crippen LogP contribution in [0.2, 0.25) is 0 Å². The van der Waals surface area contributed by atoms with Crippen molar-refractivity contribution < 1.29 is 4.74 Å². The molecule has 0 N–H and O–H groups in total. The first kappa shape index (κ1) is 20.4. The fourth-order valence-electron chi connectivity index (χ4n) is 4.48. The molecule has 2 rings (SSSR count). The van der Waals surface area contributed by atoms with E-state index in [1.807, 2.05) is 0 Å². The van der Waals surface area contributed by atoms with Crippen LogP contribution in [0.15, 0.2) is 29.4 Å². The molecule has 25 heavy (non-hydrogen) atoms. The monoisotopic (exact) mass is 345 g/mol. The number of nitrogens with zero attached hydrogens (tertiary/aromatic N) is 1. The van der Waals surface area contributed by atoms with Gasteiger partial charge in [-0.25, -0.2) is 0 Å². The van der Waals surface area contributed by atoms with Gasteiger partial charge in [-0.1, -0.05) is 65.7 Å². The van der Waals surface area contributed by atoms with Gasteiger partial charge in [-0.2, -0.15) is 0 Å². The molecular weight excluding hydrogens is 306 g/mol. The second-order valence-corrected chi connectivity index (χ2v) is 8.23. The molecule has 1 saturated heterocycles. The molecule has 1 heterocycles. The summed E-state index contributed by atoms with van der Waals surface area (Å²) in [6.45, 7) is 15.3. The number of hydrogen-bond acceptors (Lipinski definition) is 2. The summed E-state index contributed by atoms with van der Waals surface area (Å²) in [6.07, 6.45) is 13.3. The number of fused-ring (bicyclic) bond motifs is 2. The topological polar surface area (TPSA) is 21.6 Å². The molecule has 0 spiro atoms. The van der Waals surface area contributed by atoms with Crippen molar-refractivity contribution in [3.63, 3.8) is 0 Å². The quantitative estimate of drug-likeness (QED) is 0.254. The van der Waals surface area contributed by atoms with E-state index in [4.69, 9.17) is 9.73 Å². The average molecular weight is 346 g/mol. The van der Waals surface area contributed by atoms with E-state index in [9.17, 15) is 0 Å². The molecule has 2 nitrogen and oxygen atoms in total. The van der Waals surface area contributed by atoms with Gasteiger partial charge in [0, 0.05) is 23.2 Å². The summed E-state index contributed by atoms with van der Waals surface area (Å²) in [6, 6.07) is 0. The van der Waals surface area contributed by atoms with Crippen LogP contribution in [0.25, 0.3) is 0 Å². The minimum atomic E-state index is 0.484. The van der Waals surface area contributed by atoms with Crippen molar-refractivity contribution in [1.82, 2.24) is 0 Å². The highest BCUT2D eigenvalue weighted by Gasteiger charge is 2.44. The van der Waals surface area contributed by atoms with Crippen LogP contribution >= 0.6 is 0 Å². The number of ether oxygens (including phenoxy) is 1. The van der Waals surface area contributed by atoms with Gasteiger partial charge in [0.25, 0.3) is 0 Å². The van der Waals surface area contributed by atoms with Gasteiger partial charge in [0.2, 0.25) is 0 Å². The van der Waals surface area contributed by atoms with Crippen LogP contribution < -0.4 is 0 Å². The van der Waals surface area contributed by atoms with E-state index in [1.54, 1.807) is 0 Å². The lowest BCUT2D eigenvalue weighted by Gasteiger charge is -2.35. The van der Waals surface area contributed by atoms with Crippen molar-refractivity contribution in [2.24, 2.45) is 34.6 Å². The van der Waals surface area contributed by atoms with E-state index in [0.29, 0.717) is 29.6 Å². The van der Waals surface area contributed by atoms with Crippen molar-refractivity contribution >= 4 is 5.71 Å². The average Bonchev–Trinajstić information content (AvgIpc) is 2.84. The number of unbranched alkanes of at least 4 members (excludes halogenated alkanes) is 2. The predicted octanol–water partition coefficient (Wildman–Crippen LogP) is 6.43. The molecule has 4 atom stereocenters. The molecule has 0 amide bonds. The van der Waals surface area contributed by atoms with Crippen LogP contribution in [0.3, 0.4) is 0 Å². The Kier molecular flexibility index (Phi) is 8.42. The maximum absolute atomic E-state index is 5.83. The van der Waals surface area contributed by atoms with Gasteiger partial charge < -0.3 is 4.74 Å². The largest absolute Gasteiger partial charge is 0.381 e. The summed E-state index contributed by atoms with van der Waals surface area (Å²) >= 11 is 0. The Hall–Kier alpha value is -0.890. The Morgan fingerprint density at radius 2 is 1.84 bits per heavy atom. The molecule has 2 bridgehead atoms. The van der Waals surface area contributed by atoms with Crippen molar-refractivity contribution in [3.05, 3.63) is 24.4 Å². The Bertz CT molecular complexity index is 462. The summed E-state index contributed by atoms with van der Waals surface area (Å²) in [5, 5.41) is 0. The van der Waals surface area contributed by atoms with Crippen molar-refractivity contribution in [1.29, 1.82) is 0 Å². The van der Waals surface area contributed by atoms with Gasteiger partial charge in [0.1, 0.15) is 0 Å². The first-order valence-electron chi connectivity index (χ1n) is 10.6. The van der Waals surface area contributed by atoms with Crippen LogP contribution in [0, 0.1) is 29.6 Å². The SMILES string of the molecule is C=C(CCC)N=C(C(C)C(C)/C=C/CCCC)C1C2CCC1COC2.